The Labute approximate surface area is 125 Å². The van der Waals surface area contributed by atoms with E-state index in [0.29, 0.717) is 4.47 Å². The Morgan fingerprint density at radius 2 is 2.20 bits per heavy atom. The molecule has 0 unspecified atom stereocenters. The van der Waals surface area contributed by atoms with Crippen LogP contribution in [0.1, 0.15) is 17.3 Å². The van der Waals surface area contributed by atoms with Crippen LogP contribution in [0.3, 0.4) is 0 Å². The fraction of sp³-hybridized carbons (Fsp3) is 0.286. The molecule has 0 aliphatic heterocycles. The van der Waals surface area contributed by atoms with Crippen molar-refractivity contribution in [1.29, 1.82) is 0 Å². The zero-order valence-corrected chi connectivity index (χ0v) is 12.7. The molecule has 0 radical (unpaired) electrons. The van der Waals surface area contributed by atoms with Crippen molar-refractivity contribution in [3.05, 3.63) is 46.7 Å². The van der Waals surface area contributed by atoms with Gasteiger partial charge in [0.25, 0.3) is 5.91 Å². The zero-order chi connectivity index (χ0) is 15.1. The molecule has 0 fully saturated rings. The molecule has 0 aromatic heterocycles. The SMILES string of the molecule is C=CCN(CC(=O)OCC)C(=O)c1cc(F)ccc1Br. The van der Waals surface area contributed by atoms with E-state index in [0.717, 1.165) is 6.07 Å². The molecule has 0 atom stereocenters. The van der Waals surface area contributed by atoms with Crippen LogP contribution >= 0.6 is 15.9 Å². The number of esters is 1. The third-order valence-corrected chi connectivity index (χ3v) is 3.11. The van der Waals surface area contributed by atoms with Gasteiger partial charge >= 0.3 is 5.97 Å². The Hall–Kier alpha value is -1.69. The molecule has 0 saturated carbocycles. The number of hydrogen-bond donors (Lipinski definition) is 0. The number of nitrogens with zero attached hydrogens (tertiary/aromatic N) is 1. The highest BCUT2D eigenvalue weighted by atomic mass is 79.9. The number of ether oxygens (including phenoxy) is 1. The molecule has 6 heteroatoms. The Morgan fingerprint density at radius 3 is 2.80 bits per heavy atom. The van der Waals surface area contributed by atoms with Gasteiger partial charge in [0.2, 0.25) is 0 Å². The van der Waals surface area contributed by atoms with E-state index in [4.69, 9.17) is 4.74 Å². The fourth-order valence-electron chi connectivity index (χ4n) is 1.57. The molecular formula is C14H15BrFNO3. The van der Waals surface area contributed by atoms with Gasteiger partial charge < -0.3 is 9.64 Å². The summed E-state index contributed by atoms with van der Waals surface area (Å²) in [6.07, 6.45) is 1.49. The first-order chi connectivity index (χ1) is 9.49. The lowest BCUT2D eigenvalue weighted by molar-refractivity contribution is -0.143. The van der Waals surface area contributed by atoms with Crippen molar-refractivity contribution >= 4 is 27.8 Å². The molecular weight excluding hydrogens is 329 g/mol. The van der Waals surface area contributed by atoms with E-state index in [1.807, 2.05) is 0 Å². The number of carbonyl (C=O) groups excluding carboxylic acids is 2. The van der Waals surface area contributed by atoms with Crippen molar-refractivity contribution in [1.82, 2.24) is 4.90 Å². The van der Waals surface area contributed by atoms with Gasteiger partial charge in [-0.05, 0) is 41.1 Å². The second-order valence-electron chi connectivity index (χ2n) is 3.90. The Balaban J connectivity index is 2.95. The average molecular weight is 344 g/mol. The Morgan fingerprint density at radius 1 is 1.50 bits per heavy atom. The Kier molecular flexibility index (Phi) is 6.38. The van der Waals surface area contributed by atoms with E-state index in [-0.39, 0.29) is 25.3 Å². The summed E-state index contributed by atoms with van der Waals surface area (Å²) in [5.74, 6) is -1.51. The van der Waals surface area contributed by atoms with Gasteiger partial charge in [-0.1, -0.05) is 6.08 Å². The van der Waals surface area contributed by atoms with Crippen molar-refractivity contribution in [2.24, 2.45) is 0 Å². The van der Waals surface area contributed by atoms with Crippen molar-refractivity contribution in [3.63, 3.8) is 0 Å². The minimum absolute atomic E-state index is 0.149. The molecule has 0 aliphatic carbocycles. The summed E-state index contributed by atoms with van der Waals surface area (Å²) in [7, 11) is 0. The lowest BCUT2D eigenvalue weighted by Gasteiger charge is -2.20. The van der Waals surface area contributed by atoms with Gasteiger partial charge in [0.05, 0.1) is 12.2 Å². The lowest BCUT2D eigenvalue weighted by atomic mass is 10.2. The van der Waals surface area contributed by atoms with Gasteiger partial charge in [-0.15, -0.1) is 6.58 Å². The average Bonchev–Trinajstić information content (AvgIpc) is 2.40. The maximum Gasteiger partial charge on any atom is 0.325 e. The first-order valence-corrected chi connectivity index (χ1v) is 6.79. The minimum Gasteiger partial charge on any atom is -0.465 e. The number of carbonyl (C=O) groups is 2. The van der Waals surface area contributed by atoms with Crippen molar-refractivity contribution < 1.29 is 18.7 Å². The van der Waals surface area contributed by atoms with Gasteiger partial charge in [-0.2, -0.15) is 0 Å². The number of benzene rings is 1. The quantitative estimate of drug-likeness (QED) is 0.589. The third-order valence-electron chi connectivity index (χ3n) is 2.42. The monoisotopic (exact) mass is 343 g/mol. The normalized spacial score (nSPS) is 9.95. The number of hydrogen-bond acceptors (Lipinski definition) is 3. The van der Waals surface area contributed by atoms with Gasteiger partial charge in [0.15, 0.2) is 0 Å². The maximum atomic E-state index is 13.2. The summed E-state index contributed by atoms with van der Waals surface area (Å²) in [6.45, 7) is 5.41. The van der Waals surface area contributed by atoms with Crippen LogP contribution in [0.2, 0.25) is 0 Å². The summed E-state index contributed by atoms with van der Waals surface area (Å²) in [4.78, 5) is 25.0. The highest BCUT2D eigenvalue weighted by Gasteiger charge is 2.20. The molecule has 1 aromatic rings. The molecule has 0 aliphatic rings. The van der Waals surface area contributed by atoms with Crippen LogP contribution in [-0.4, -0.2) is 36.5 Å². The van der Waals surface area contributed by atoms with E-state index in [2.05, 4.69) is 22.5 Å². The van der Waals surface area contributed by atoms with Gasteiger partial charge in [-0.3, -0.25) is 9.59 Å². The predicted octanol–water partition coefficient (Wildman–Crippen LogP) is 2.78. The molecule has 20 heavy (non-hydrogen) atoms. The third kappa shape index (κ3) is 4.45. The molecule has 4 nitrogen and oxygen atoms in total. The van der Waals surface area contributed by atoms with Crippen LogP contribution in [0, 0.1) is 5.82 Å². The van der Waals surface area contributed by atoms with Crippen LogP contribution in [0.4, 0.5) is 4.39 Å². The topological polar surface area (TPSA) is 46.6 Å². The van der Waals surface area contributed by atoms with Crippen LogP contribution in [0.25, 0.3) is 0 Å². The van der Waals surface area contributed by atoms with E-state index in [9.17, 15) is 14.0 Å². The van der Waals surface area contributed by atoms with Gasteiger partial charge in [0.1, 0.15) is 12.4 Å². The number of amides is 1. The van der Waals surface area contributed by atoms with Crippen LogP contribution in [0.15, 0.2) is 35.3 Å². The summed E-state index contributed by atoms with van der Waals surface area (Å²) in [5.41, 5.74) is 0.149. The second-order valence-corrected chi connectivity index (χ2v) is 4.76. The lowest BCUT2D eigenvalue weighted by Crippen LogP contribution is -2.36. The smallest absolute Gasteiger partial charge is 0.325 e. The van der Waals surface area contributed by atoms with Crippen LogP contribution in [-0.2, 0) is 9.53 Å². The van der Waals surface area contributed by atoms with Crippen LogP contribution in [0.5, 0.6) is 0 Å². The summed E-state index contributed by atoms with van der Waals surface area (Å²) < 4.78 is 18.5. The highest BCUT2D eigenvalue weighted by molar-refractivity contribution is 9.10. The predicted molar refractivity (Wildman–Crippen MR) is 76.8 cm³/mol. The molecule has 1 amide bonds. The molecule has 0 spiro atoms. The van der Waals surface area contributed by atoms with Gasteiger partial charge in [-0.25, -0.2) is 4.39 Å². The first-order valence-electron chi connectivity index (χ1n) is 6.00. The summed E-state index contributed by atoms with van der Waals surface area (Å²) >= 11 is 3.19. The second kappa shape index (κ2) is 7.79. The van der Waals surface area contributed by atoms with Gasteiger partial charge in [0, 0.05) is 11.0 Å². The van der Waals surface area contributed by atoms with E-state index < -0.39 is 17.7 Å². The van der Waals surface area contributed by atoms with Crippen LogP contribution < -0.4 is 0 Å². The molecule has 0 N–H and O–H groups in total. The summed E-state index contributed by atoms with van der Waals surface area (Å²) in [6, 6.07) is 3.80. The van der Waals surface area contributed by atoms with E-state index in [1.54, 1.807) is 6.92 Å². The molecule has 0 saturated heterocycles. The maximum absolute atomic E-state index is 13.2. The largest absolute Gasteiger partial charge is 0.465 e. The van der Waals surface area contributed by atoms with E-state index >= 15 is 0 Å². The number of rotatable bonds is 6. The Bertz CT molecular complexity index is 519. The zero-order valence-electron chi connectivity index (χ0n) is 11.1. The molecule has 0 bridgehead atoms. The molecule has 1 rings (SSSR count). The first kappa shape index (κ1) is 16.4. The van der Waals surface area contributed by atoms with Crippen molar-refractivity contribution in [2.75, 3.05) is 19.7 Å². The molecule has 1 aromatic carbocycles. The van der Waals surface area contributed by atoms with Crippen molar-refractivity contribution in [3.8, 4) is 0 Å². The standard InChI is InChI=1S/C14H15BrFNO3/c1-3-7-17(9-13(18)20-4-2)14(19)11-8-10(16)5-6-12(11)15/h3,5-6,8H,1,4,7,9H2,2H3. The summed E-state index contributed by atoms with van der Waals surface area (Å²) in [5, 5.41) is 0. The van der Waals surface area contributed by atoms with Crippen molar-refractivity contribution in [2.45, 2.75) is 6.92 Å². The number of halogens is 2. The minimum atomic E-state index is -0.522. The highest BCUT2D eigenvalue weighted by Crippen LogP contribution is 2.19. The molecule has 0 heterocycles. The fourth-order valence-corrected chi connectivity index (χ4v) is 1.99. The van der Waals surface area contributed by atoms with E-state index in [1.165, 1.54) is 23.1 Å². The molecule has 108 valence electrons.